The van der Waals surface area contributed by atoms with Crippen molar-refractivity contribution in [3.8, 4) is 0 Å². The fourth-order valence-electron chi connectivity index (χ4n) is 4.20. The summed E-state index contributed by atoms with van der Waals surface area (Å²) in [6.07, 6.45) is 4.50. The zero-order chi connectivity index (χ0) is 11.8. The van der Waals surface area contributed by atoms with Crippen molar-refractivity contribution in [1.82, 2.24) is 0 Å². The van der Waals surface area contributed by atoms with Crippen molar-refractivity contribution in [1.29, 1.82) is 0 Å². The summed E-state index contributed by atoms with van der Waals surface area (Å²) in [5, 5.41) is 0. The monoisotopic (exact) mass is 232 g/mol. The average molecular weight is 232 g/mol. The van der Waals surface area contributed by atoms with Gasteiger partial charge in [-0.1, -0.05) is 13.8 Å². The summed E-state index contributed by atoms with van der Waals surface area (Å²) >= 11 is 0. The van der Waals surface area contributed by atoms with Gasteiger partial charge in [0, 0.05) is 0 Å². The Morgan fingerprint density at radius 2 is 2.24 bits per heavy atom. The van der Waals surface area contributed by atoms with Crippen LogP contribution in [-0.4, -0.2) is 11.4 Å². The van der Waals surface area contributed by atoms with Crippen molar-refractivity contribution in [3.63, 3.8) is 0 Å². The Hall–Kier alpha value is -1.09. The van der Waals surface area contributed by atoms with Gasteiger partial charge in [-0.25, -0.2) is 0 Å². The van der Waals surface area contributed by atoms with Crippen LogP contribution in [0.2, 0.25) is 0 Å². The Labute approximate surface area is 100 Å². The zero-order valence-corrected chi connectivity index (χ0v) is 10.2. The number of Topliss-reactive ketones (excluding diaryl/α,β-unsaturated/α-hetero) is 1. The molecule has 0 radical (unpaired) electrons. The molecular formula is C14H16O3. The average Bonchev–Trinajstić information content (AvgIpc) is 2.83. The van der Waals surface area contributed by atoms with Crippen LogP contribution in [-0.2, 0) is 4.74 Å². The van der Waals surface area contributed by atoms with Crippen LogP contribution >= 0.6 is 0 Å². The van der Waals surface area contributed by atoms with Crippen LogP contribution in [0.3, 0.4) is 0 Å². The highest BCUT2D eigenvalue weighted by molar-refractivity contribution is 6.05. The normalized spacial score (nSPS) is 41.4. The highest BCUT2D eigenvalue weighted by Gasteiger charge is 2.65. The summed E-state index contributed by atoms with van der Waals surface area (Å²) in [4.78, 5) is 12.6. The molecule has 0 unspecified atom stereocenters. The SMILES string of the molecule is CC1(C)C[C@@H]2C[C@@H]3O[C@@]2(C1)C(=O)c1ccoc13. The van der Waals surface area contributed by atoms with Crippen LogP contribution in [0.5, 0.6) is 0 Å². The molecule has 3 aliphatic rings. The Kier molecular flexibility index (Phi) is 1.55. The molecule has 1 saturated carbocycles. The number of furan rings is 1. The van der Waals surface area contributed by atoms with Gasteiger partial charge in [0.2, 0.25) is 0 Å². The third-order valence-corrected chi connectivity index (χ3v) is 4.67. The third-order valence-electron chi connectivity index (χ3n) is 4.67. The summed E-state index contributed by atoms with van der Waals surface area (Å²) in [7, 11) is 0. The lowest BCUT2D eigenvalue weighted by Crippen LogP contribution is -2.43. The van der Waals surface area contributed by atoms with Crippen LogP contribution in [0.15, 0.2) is 16.7 Å². The predicted octanol–water partition coefficient (Wildman–Crippen LogP) is 3.11. The van der Waals surface area contributed by atoms with Crippen molar-refractivity contribution < 1.29 is 13.9 Å². The van der Waals surface area contributed by atoms with E-state index in [1.54, 1.807) is 6.26 Å². The molecule has 0 N–H and O–H groups in total. The number of ether oxygens (including phenoxy) is 1. The number of ketones is 1. The lowest BCUT2D eigenvalue weighted by molar-refractivity contribution is -0.0510. The molecule has 3 heteroatoms. The quantitative estimate of drug-likeness (QED) is 0.690. The maximum absolute atomic E-state index is 12.6. The summed E-state index contributed by atoms with van der Waals surface area (Å²) < 4.78 is 11.5. The first-order valence-corrected chi connectivity index (χ1v) is 6.32. The summed E-state index contributed by atoms with van der Waals surface area (Å²) in [5.41, 5.74) is 0.443. The van der Waals surface area contributed by atoms with Crippen molar-refractivity contribution in [2.24, 2.45) is 11.3 Å². The molecule has 1 saturated heterocycles. The molecule has 0 amide bonds. The van der Waals surface area contributed by atoms with E-state index in [1.165, 1.54) is 0 Å². The number of fused-ring (bicyclic) bond motifs is 3. The number of hydrogen-bond acceptors (Lipinski definition) is 3. The van der Waals surface area contributed by atoms with E-state index in [2.05, 4.69) is 13.8 Å². The minimum atomic E-state index is -0.537. The van der Waals surface area contributed by atoms with Gasteiger partial charge in [0.25, 0.3) is 0 Å². The predicted molar refractivity (Wildman–Crippen MR) is 60.7 cm³/mol. The van der Waals surface area contributed by atoms with Gasteiger partial charge in [0.15, 0.2) is 5.78 Å². The smallest absolute Gasteiger partial charge is 0.198 e. The first kappa shape index (κ1) is 9.89. The van der Waals surface area contributed by atoms with Crippen LogP contribution in [0.25, 0.3) is 0 Å². The van der Waals surface area contributed by atoms with Gasteiger partial charge in [0.05, 0.1) is 11.8 Å². The Bertz CT molecular complexity index is 513. The molecule has 17 heavy (non-hydrogen) atoms. The second kappa shape index (κ2) is 2.66. The second-order valence-corrected chi connectivity index (χ2v) is 6.50. The molecule has 2 aliphatic heterocycles. The lowest BCUT2D eigenvalue weighted by atomic mass is 9.84. The first-order valence-electron chi connectivity index (χ1n) is 6.32. The fraction of sp³-hybridized carbons (Fsp3) is 0.643. The van der Waals surface area contributed by atoms with E-state index in [0.29, 0.717) is 5.92 Å². The van der Waals surface area contributed by atoms with E-state index in [9.17, 15) is 4.79 Å². The molecule has 2 fully saturated rings. The minimum absolute atomic E-state index is 0.0128. The van der Waals surface area contributed by atoms with Crippen LogP contribution in [0.4, 0.5) is 0 Å². The molecule has 3 heterocycles. The third kappa shape index (κ3) is 1.04. The standard InChI is InChI=1S/C14H16O3/c1-13(2)6-8-5-10-11-9(3-4-16-11)12(15)14(8,7-13)17-10/h3-4,8,10H,5-7H2,1-2H3/t8-,10-,14+/m0/s1. The van der Waals surface area contributed by atoms with Crippen molar-refractivity contribution >= 4 is 5.78 Å². The molecule has 2 bridgehead atoms. The lowest BCUT2D eigenvalue weighted by Gasteiger charge is -2.32. The molecule has 0 aromatic carbocycles. The highest BCUT2D eigenvalue weighted by Crippen LogP contribution is 2.62. The van der Waals surface area contributed by atoms with E-state index in [0.717, 1.165) is 30.6 Å². The molecule has 1 aliphatic carbocycles. The molecule has 1 spiro atoms. The van der Waals surface area contributed by atoms with E-state index >= 15 is 0 Å². The van der Waals surface area contributed by atoms with Crippen molar-refractivity contribution in [2.75, 3.05) is 0 Å². The molecule has 3 atom stereocenters. The van der Waals surface area contributed by atoms with Crippen LogP contribution < -0.4 is 0 Å². The van der Waals surface area contributed by atoms with E-state index in [-0.39, 0.29) is 17.3 Å². The van der Waals surface area contributed by atoms with Crippen LogP contribution in [0, 0.1) is 11.3 Å². The molecule has 1 aromatic rings. The van der Waals surface area contributed by atoms with E-state index in [4.69, 9.17) is 9.15 Å². The zero-order valence-electron chi connectivity index (χ0n) is 10.2. The van der Waals surface area contributed by atoms with Gasteiger partial charge in [-0.3, -0.25) is 4.79 Å². The molecule has 3 nitrogen and oxygen atoms in total. The molecule has 4 rings (SSSR count). The first-order chi connectivity index (χ1) is 8.02. The van der Waals surface area contributed by atoms with Gasteiger partial charge < -0.3 is 9.15 Å². The Balaban J connectivity index is 1.88. The molecule has 1 aromatic heterocycles. The maximum atomic E-state index is 12.6. The van der Waals surface area contributed by atoms with Gasteiger partial charge >= 0.3 is 0 Å². The van der Waals surface area contributed by atoms with Gasteiger partial charge in [-0.2, -0.15) is 0 Å². The highest BCUT2D eigenvalue weighted by atomic mass is 16.5. The molecule has 90 valence electrons. The fourth-order valence-corrected chi connectivity index (χ4v) is 4.20. The summed E-state index contributed by atoms with van der Waals surface area (Å²) in [5.74, 6) is 1.29. The number of rotatable bonds is 0. The molecular weight excluding hydrogens is 216 g/mol. The van der Waals surface area contributed by atoms with E-state index < -0.39 is 5.60 Å². The second-order valence-electron chi connectivity index (χ2n) is 6.50. The van der Waals surface area contributed by atoms with Gasteiger partial charge in [-0.15, -0.1) is 0 Å². The Morgan fingerprint density at radius 3 is 3.06 bits per heavy atom. The maximum Gasteiger partial charge on any atom is 0.198 e. The topological polar surface area (TPSA) is 39.4 Å². The van der Waals surface area contributed by atoms with Crippen molar-refractivity contribution in [2.45, 2.75) is 44.8 Å². The minimum Gasteiger partial charge on any atom is -0.466 e. The van der Waals surface area contributed by atoms with E-state index in [1.807, 2.05) is 6.07 Å². The van der Waals surface area contributed by atoms with Gasteiger partial charge in [-0.05, 0) is 36.7 Å². The largest absolute Gasteiger partial charge is 0.466 e. The number of carbonyl (C=O) groups is 1. The number of carbonyl (C=O) groups excluding carboxylic acids is 1. The Morgan fingerprint density at radius 1 is 1.41 bits per heavy atom. The van der Waals surface area contributed by atoms with Crippen LogP contribution in [0.1, 0.15) is 55.3 Å². The summed E-state index contributed by atoms with van der Waals surface area (Å²) in [6, 6.07) is 1.81. The summed E-state index contributed by atoms with van der Waals surface area (Å²) in [6.45, 7) is 4.47. The number of hydrogen-bond donors (Lipinski definition) is 0. The van der Waals surface area contributed by atoms with Gasteiger partial charge in [0.1, 0.15) is 17.5 Å². The van der Waals surface area contributed by atoms with Crippen molar-refractivity contribution in [3.05, 3.63) is 23.7 Å².